The van der Waals surface area contributed by atoms with E-state index in [2.05, 4.69) is 10.2 Å². The molecule has 0 amide bonds. The third kappa shape index (κ3) is 2.62. The number of hydrogen-bond acceptors (Lipinski definition) is 2. The number of halogens is 1. The van der Waals surface area contributed by atoms with Crippen LogP contribution in [0, 0.1) is 0 Å². The molecule has 0 unspecified atom stereocenters. The molecule has 0 aliphatic carbocycles. The SMILES string of the molecule is NCCc1[nH]ncc1Cc1ccc(Cl)cc1. The smallest absolute Gasteiger partial charge is 0.0525 e. The molecule has 3 N–H and O–H groups in total. The number of hydrogen-bond donors (Lipinski definition) is 2. The van der Waals surface area contributed by atoms with Crippen LogP contribution in [0.15, 0.2) is 30.5 Å². The molecule has 0 saturated carbocycles. The first-order valence-electron chi connectivity index (χ1n) is 5.25. The molecule has 0 spiro atoms. The number of benzene rings is 1. The maximum atomic E-state index is 5.84. The van der Waals surface area contributed by atoms with E-state index in [0.717, 1.165) is 23.6 Å². The largest absolute Gasteiger partial charge is 0.330 e. The van der Waals surface area contributed by atoms with Crippen LogP contribution < -0.4 is 5.73 Å². The van der Waals surface area contributed by atoms with Crippen molar-refractivity contribution >= 4 is 11.6 Å². The Bertz CT molecular complexity index is 448. The van der Waals surface area contributed by atoms with Crippen molar-refractivity contribution < 1.29 is 0 Å². The molecule has 0 fully saturated rings. The van der Waals surface area contributed by atoms with Crippen molar-refractivity contribution in [3.63, 3.8) is 0 Å². The van der Waals surface area contributed by atoms with Gasteiger partial charge in [0, 0.05) is 23.6 Å². The van der Waals surface area contributed by atoms with Gasteiger partial charge in [-0.3, -0.25) is 5.10 Å². The topological polar surface area (TPSA) is 54.7 Å². The van der Waals surface area contributed by atoms with E-state index in [9.17, 15) is 0 Å². The molecule has 0 saturated heterocycles. The lowest BCUT2D eigenvalue weighted by atomic mass is 10.0. The summed E-state index contributed by atoms with van der Waals surface area (Å²) >= 11 is 5.84. The fourth-order valence-electron chi connectivity index (χ4n) is 1.67. The Balaban J connectivity index is 2.13. The summed E-state index contributed by atoms with van der Waals surface area (Å²) in [7, 11) is 0. The van der Waals surface area contributed by atoms with Crippen LogP contribution in [0.2, 0.25) is 5.02 Å². The Morgan fingerprint density at radius 3 is 2.69 bits per heavy atom. The quantitative estimate of drug-likeness (QED) is 0.853. The Morgan fingerprint density at radius 2 is 2.00 bits per heavy atom. The fourth-order valence-corrected chi connectivity index (χ4v) is 1.80. The van der Waals surface area contributed by atoms with Crippen molar-refractivity contribution in [3.8, 4) is 0 Å². The Hall–Kier alpha value is -1.32. The summed E-state index contributed by atoms with van der Waals surface area (Å²) in [5.74, 6) is 0. The van der Waals surface area contributed by atoms with Gasteiger partial charge in [0.1, 0.15) is 0 Å². The second-order valence-electron chi connectivity index (χ2n) is 3.72. The standard InChI is InChI=1S/C12H14ClN3/c13-11-3-1-9(2-4-11)7-10-8-15-16-12(10)5-6-14/h1-4,8H,5-7,14H2,(H,15,16). The third-order valence-electron chi connectivity index (χ3n) is 2.51. The normalized spacial score (nSPS) is 10.6. The molecule has 0 aliphatic rings. The minimum Gasteiger partial charge on any atom is -0.330 e. The van der Waals surface area contributed by atoms with E-state index < -0.39 is 0 Å². The monoisotopic (exact) mass is 235 g/mol. The molecule has 0 atom stereocenters. The van der Waals surface area contributed by atoms with Gasteiger partial charge in [0.2, 0.25) is 0 Å². The second kappa shape index (κ2) is 5.14. The molecule has 16 heavy (non-hydrogen) atoms. The number of aromatic amines is 1. The van der Waals surface area contributed by atoms with Gasteiger partial charge in [0.05, 0.1) is 6.20 Å². The Kier molecular flexibility index (Phi) is 3.59. The first-order valence-corrected chi connectivity index (χ1v) is 5.63. The highest BCUT2D eigenvalue weighted by molar-refractivity contribution is 6.30. The van der Waals surface area contributed by atoms with Gasteiger partial charge in [-0.2, -0.15) is 5.10 Å². The number of rotatable bonds is 4. The lowest BCUT2D eigenvalue weighted by molar-refractivity contribution is 0.890. The number of nitrogens with zero attached hydrogens (tertiary/aromatic N) is 1. The Labute approximate surface area is 99.6 Å². The van der Waals surface area contributed by atoms with Gasteiger partial charge in [0.25, 0.3) is 0 Å². The number of H-pyrrole nitrogens is 1. The molecule has 0 radical (unpaired) electrons. The van der Waals surface area contributed by atoms with E-state index in [4.69, 9.17) is 17.3 Å². The summed E-state index contributed by atoms with van der Waals surface area (Å²) in [5, 5.41) is 7.79. The van der Waals surface area contributed by atoms with Crippen molar-refractivity contribution in [2.24, 2.45) is 5.73 Å². The van der Waals surface area contributed by atoms with E-state index in [-0.39, 0.29) is 0 Å². The number of nitrogens with one attached hydrogen (secondary N) is 1. The average molecular weight is 236 g/mol. The van der Waals surface area contributed by atoms with E-state index in [1.54, 1.807) is 0 Å². The summed E-state index contributed by atoms with van der Waals surface area (Å²) in [6.07, 6.45) is 3.56. The molecular weight excluding hydrogens is 222 g/mol. The summed E-state index contributed by atoms with van der Waals surface area (Å²) < 4.78 is 0. The molecule has 2 rings (SSSR count). The molecule has 0 bridgehead atoms. The molecule has 1 aromatic heterocycles. The lowest BCUT2D eigenvalue weighted by Gasteiger charge is -2.02. The molecule has 3 nitrogen and oxygen atoms in total. The zero-order chi connectivity index (χ0) is 11.4. The first-order chi connectivity index (χ1) is 7.79. The molecule has 1 aromatic carbocycles. The summed E-state index contributed by atoms with van der Waals surface area (Å²) in [5.41, 5.74) is 9.09. The first kappa shape index (κ1) is 11.2. The van der Waals surface area contributed by atoms with Crippen LogP contribution in [0.3, 0.4) is 0 Å². The maximum Gasteiger partial charge on any atom is 0.0525 e. The van der Waals surface area contributed by atoms with Gasteiger partial charge in [-0.25, -0.2) is 0 Å². The van der Waals surface area contributed by atoms with Gasteiger partial charge >= 0.3 is 0 Å². The number of nitrogens with two attached hydrogens (primary N) is 1. The van der Waals surface area contributed by atoms with Crippen LogP contribution in [0.5, 0.6) is 0 Å². The van der Waals surface area contributed by atoms with Crippen LogP contribution in [0.4, 0.5) is 0 Å². The summed E-state index contributed by atoms with van der Waals surface area (Å²) in [4.78, 5) is 0. The van der Waals surface area contributed by atoms with Crippen LogP contribution in [0.25, 0.3) is 0 Å². The summed E-state index contributed by atoms with van der Waals surface area (Å²) in [6, 6.07) is 7.86. The van der Waals surface area contributed by atoms with Crippen molar-refractivity contribution in [2.45, 2.75) is 12.8 Å². The maximum absolute atomic E-state index is 5.84. The molecule has 84 valence electrons. The molecule has 4 heteroatoms. The van der Waals surface area contributed by atoms with Crippen LogP contribution in [-0.4, -0.2) is 16.7 Å². The molecule has 2 aromatic rings. The number of aromatic nitrogens is 2. The van der Waals surface area contributed by atoms with E-state index in [1.165, 1.54) is 11.1 Å². The second-order valence-corrected chi connectivity index (χ2v) is 4.15. The minimum absolute atomic E-state index is 0.635. The zero-order valence-electron chi connectivity index (χ0n) is 8.91. The lowest BCUT2D eigenvalue weighted by Crippen LogP contribution is -2.05. The van der Waals surface area contributed by atoms with E-state index in [1.807, 2.05) is 30.5 Å². The van der Waals surface area contributed by atoms with Crippen LogP contribution in [-0.2, 0) is 12.8 Å². The van der Waals surface area contributed by atoms with Crippen molar-refractivity contribution in [1.82, 2.24) is 10.2 Å². The minimum atomic E-state index is 0.635. The highest BCUT2D eigenvalue weighted by Crippen LogP contribution is 2.15. The van der Waals surface area contributed by atoms with Crippen molar-refractivity contribution in [3.05, 3.63) is 52.3 Å². The predicted octanol–water partition coefficient (Wildman–Crippen LogP) is 2.16. The van der Waals surface area contributed by atoms with E-state index >= 15 is 0 Å². The van der Waals surface area contributed by atoms with Gasteiger partial charge in [-0.05, 0) is 29.8 Å². The highest BCUT2D eigenvalue weighted by atomic mass is 35.5. The summed E-state index contributed by atoms with van der Waals surface area (Å²) in [6.45, 7) is 0.635. The Morgan fingerprint density at radius 1 is 1.25 bits per heavy atom. The van der Waals surface area contributed by atoms with Crippen molar-refractivity contribution in [2.75, 3.05) is 6.54 Å². The van der Waals surface area contributed by atoms with Gasteiger partial charge < -0.3 is 5.73 Å². The molecule has 1 heterocycles. The third-order valence-corrected chi connectivity index (χ3v) is 2.76. The zero-order valence-corrected chi connectivity index (χ0v) is 9.67. The molecular formula is C12H14ClN3. The highest BCUT2D eigenvalue weighted by Gasteiger charge is 2.05. The van der Waals surface area contributed by atoms with E-state index in [0.29, 0.717) is 6.54 Å². The van der Waals surface area contributed by atoms with Gasteiger partial charge in [-0.1, -0.05) is 23.7 Å². The van der Waals surface area contributed by atoms with Gasteiger partial charge in [-0.15, -0.1) is 0 Å². The van der Waals surface area contributed by atoms with Crippen LogP contribution in [0.1, 0.15) is 16.8 Å². The van der Waals surface area contributed by atoms with Gasteiger partial charge in [0.15, 0.2) is 0 Å². The molecule has 0 aliphatic heterocycles. The average Bonchev–Trinajstić information content (AvgIpc) is 2.70. The van der Waals surface area contributed by atoms with Crippen molar-refractivity contribution in [1.29, 1.82) is 0 Å². The fraction of sp³-hybridized carbons (Fsp3) is 0.250. The van der Waals surface area contributed by atoms with Crippen LogP contribution >= 0.6 is 11.6 Å². The predicted molar refractivity (Wildman–Crippen MR) is 65.6 cm³/mol.